The molecule has 6 nitrogen and oxygen atoms in total. The maximum absolute atomic E-state index is 8.05. The zero-order chi connectivity index (χ0) is 64.0. The Morgan fingerprint density at radius 2 is 0.344 bits per heavy atom. The number of rotatable bonds is 18. The van der Waals surface area contributed by atoms with Crippen LogP contribution < -0.4 is 28.4 Å². The van der Waals surface area contributed by atoms with Gasteiger partial charge in [0.2, 0.25) is 11.5 Å². The first-order valence-electron chi connectivity index (χ1n) is 32.1. The molecule has 0 saturated heterocycles. The van der Waals surface area contributed by atoms with Crippen LogP contribution in [0.2, 0.25) is 0 Å². The quantitative estimate of drug-likeness (QED) is 0.0798. The van der Waals surface area contributed by atoms with Gasteiger partial charge in [0.15, 0.2) is 23.0 Å². The van der Waals surface area contributed by atoms with Crippen molar-refractivity contribution in [3.63, 3.8) is 0 Å². The van der Waals surface area contributed by atoms with E-state index in [9.17, 15) is 0 Å². The first-order valence-corrected chi connectivity index (χ1v) is 32.1. The zero-order valence-electron chi connectivity index (χ0n) is 52.1. The fraction of sp³-hybridized carbons (Fsp3) is 0. The zero-order valence-corrected chi connectivity index (χ0v) is 52.1. The van der Waals surface area contributed by atoms with Gasteiger partial charge >= 0.3 is 0 Å². The van der Waals surface area contributed by atoms with Crippen molar-refractivity contribution >= 4 is 32.3 Å². The molecule has 0 atom stereocenters. The summed E-state index contributed by atoms with van der Waals surface area (Å²) >= 11 is 0. The highest BCUT2D eigenvalue weighted by Gasteiger charge is 2.34. The minimum Gasteiger partial charge on any atom is -0.453 e. The highest BCUT2D eigenvalue weighted by molar-refractivity contribution is 6.31. The fourth-order valence-electron chi connectivity index (χ4n) is 12.8. The van der Waals surface area contributed by atoms with Crippen molar-refractivity contribution in [1.82, 2.24) is 0 Å². The molecule has 0 amide bonds. The van der Waals surface area contributed by atoms with Crippen molar-refractivity contribution in [3.8, 4) is 136 Å². The molecular weight excluding hydrogens is 1180 g/mol. The van der Waals surface area contributed by atoms with Gasteiger partial charge in [0.05, 0.1) is 0 Å². The SMILES string of the molecule is c1ccc(-c2ccccc2Oc2ccc3c4ccccc4c4c(Oc5ccccc5-c5ccccc5)c(Oc5ccccc5-c5ccccc5)c(Oc5ccccc5-c5ccccc5)c(Oc5ccccc5-c5ccccc5)c4c3c2Oc2ccccc2-c2ccccc2)cc1. The van der Waals surface area contributed by atoms with Crippen LogP contribution in [0.25, 0.3) is 99.1 Å². The third-order valence-corrected chi connectivity index (χ3v) is 17.3. The topological polar surface area (TPSA) is 55.4 Å². The Labute approximate surface area is 557 Å². The molecule has 6 heteroatoms. The van der Waals surface area contributed by atoms with Crippen LogP contribution in [-0.4, -0.2) is 0 Å². The third-order valence-electron chi connectivity index (χ3n) is 17.3. The van der Waals surface area contributed by atoms with Gasteiger partial charge in [-0.25, -0.2) is 0 Å². The van der Waals surface area contributed by atoms with Crippen LogP contribution in [0.1, 0.15) is 0 Å². The molecule has 96 heavy (non-hydrogen) atoms. The second kappa shape index (κ2) is 26.4. The van der Waals surface area contributed by atoms with Crippen molar-refractivity contribution in [2.45, 2.75) is 0 Å². The summed E-state index contributed by atoms with van der Waals surface area (Å²) in [5.41, 5.74) is 10.9. The Kier molecular flexibility index (Phi) is 16.0. The summed E-state index contributed by atoms with van der Waals surface area (Å²) in [5, 5.41) is 4.45. The maximum Gasteiger partial charge on any atom is 0.217 e. The molecule has 0 aromatic heterocycles. The number of ether oxygens (including phenoxy) is 6. The number of hydrogen-bond acceptors (Lipinski definition) is 6. The van der Waals surface area contributed by atoms with Gasteiger partial charge in [-0.1, -0.05) is 315 Å². The number of hydrogen-bond donors (Lipinski definition) is 0. The number of para-hydroxylation sites is 6. The van der Waals surface area contributed by atoms with Crippen molar-refractivity contribution in [1.29, 1.82) is 0 Å². The van der Waals surface area contributed by atoms with Crippen LogP contribution in [0.4, 0.5) is 0 Å². The van der Waals surface area contributed by atoms with Gasteiger partial charge in [-0.05, 0) is 98.1 Å². The van der Waals surface area contributed by atoms with E-state index in [2.05, 4.69) is 140 Å². The van der Waals surface area contributed by atoms with Crippen LogP contribution in [0.3, 0.4) is 0 Å². The fourth-order valence-corrected chi connectivity index (χ4v) is 12.8. The summed E-state index contributed by atoms with van der Waals surface area (Å²) in [6.45, 7) is 0. The largest absolute Gasteiger partial charge is 0.453 e. The van der Waals surface area contributed by atoms with Crippen molar-refractivity contribution < 1.29 is 28.4 Å². The van der Waals surface area contributed by atoms with Crippen LogP contribution in [-0.2, 0) is 0 Å². The lowest BCUT2D eigenvalue weighted by Crippen LogP contribution is -2.03. The molecule has 456 valence electrons. The van der Waals surface area contributed by atoms with Gasteiger partial charge in [-0.15, -0.1) is 0 Å². The predicted octanol–water partition coefficient (Wildman–Crippen LogP) is 25.9. The average molecular weight is 1240 g/mol. The molecular formula is C90H60O6. The standard InChI is InChI=1S/C90H60O6/c1-7-33-61(34-8-1)67-45-21-27-53-76(67)91-82-60-59-75-73-51-19-20-52-74(73)84-85(83(75)86(82)92-77-54-28-22-46-68(77)62-35-9-2-10-36-62)88(94-79-56-30-24-48-70(79)64-39-13-4-14-40-64)90(96-81-58-32-26-50-72(81)66-43-17-6-18-44-66)89(95-80-57-31-25-49-71(80)65-41-15-5-16-42-65)87(84)93-78-55-29-23-47-69(78)63-37-11-3-12-38-63/h1-60H. The first-order chi connectivity index (χ1) is 47.7. The molecule has 0 aliphatic carbocycles. The normalized spacial score (nSPS) is 11.1. The highest BCUT2D eigenvalue weighted by atomic mass is 16.6. The second-order valence-corrected chi connectivity index (χ2v) is 23.2. The van der Waals surface area contributed by atoms with Gasteiger partial charge in [0.1, 0.15) is 34.5 Å². The van der Waals surface area contributed by atoms with Gasteiger partial charge in [-0.2, -0.15) is 0 Å². The van der Waals surface area contributed by atoms with Crippen LogP contribution in [0.5, 0.6) is 69.0 Å². The summed E-state index contributed by atoms with van der Waals surface area (Å²) < 4.78 is 47.2. The summed E-state index contributed by atoms with van der Waals surface area (Å²) in [7, 11) is 0. The van der Waals surface area contributed by atoms with Crippen molar-refractivity contribution in [3.05, 3.63) is 364 Å². The average Bonchev–Trinajstić information content (AvgIpc) is 0.702. The minimum absolute atomic E-state index is 0.219. The smallest absolute Gasteiger partial charge is 0.217 e. The Morgan fingerprint density at radius 1 is 0.125 bits per heavy atom. The van der Waals surface area contributed by atoms with Gasteiger partial charge in [0, 0.05) is 49.5 Å². The molecule has 0 heterocycles. The van der Waals surface area contributed by atoms with Gasteiger partial charge in [0.25, 0.3) is 0 Å². The van der Waals surface area contributed by atoms with E-state index < -0.39 is 0 Å². The van der Waals surface area contributed by atoms with Crippen LogP contribution in [0, 0.1) is 0 Å². The van der Waals surface area contributed by atoms with Gasteiger partial charge < -0.3 is 28.4 Å². The molecule has 0 unspecified atom stereocenters. The molecule has 16 aromatic rings. The molecule has 0 radical (unpaired) electrons. The van der Waals surface area contributed by atoms with E-state index in [-0.39, 0.29) is 11.5 Å². The number of benzene rings is 16. The number of fused-ring (bicyclic) bond motifs is 6. The summed E-state index contributed by atoms with van der Waals surface area (Å²) in [5.74, 6) is 5.37. The lowest BCUT2D eigenvalue weighted by Gasteiger charge is -2.27. The van der Waals surface area contributed by atoms with E-state index in [1.165, 1.54) is 0 Å². The minimum atomic E-state index is 0.219. The lowest BCUT2D eigenvalue weighted by molar-refractivity contribution is 0.372. The van der Waals surface area contributed by atoms with E-state index in [4.69, 9.17) is 28.4 Å². The van der Waals surface area contributed by atoms with E-state index in [0.717, 1.165) is 82.9 Å². The monoisotopic (exact) mass is 1240 g/mol. The van der Waals surface area contributed by atoms with Crippen LogP contribution in [0.15, 0.2) is 364 Å². The molecule has 16 rings (SSSR count). The maximum atomic E-state index is 8.05. The Hall–Kier alpha value is -12.9. The molecule has 0 fully saturated rings. The molecule has 0 N–H and O–H groups in total. The second-order valence-electron chi connectivity index (χ2n) is 23.2. The van der Waals surface area contributed by atoms with Crippen molar-refractivity contribution in [2.75, 3.05) is 0 Å². The van der Waals surface area contributed by atoms with E-state index in [1.54, 1.807) is 0 Å². The Bertz CT molecular complexity index is 5430. The van der Waals surface area contributed by atoms with Crippen molar-refractivity contribution in [2.24, 2.45) is 0 Å². The van der Waals surface area contributed by atoms with E-state index >= 15 is 0 Å². The molecule has 0 bridgehead atoms. The summed E-state index contributed by atoms with van der Waals surface area (Å²) in [6.07, 6.45) is 0. The van der Waals surface area contributed by atoms with Gasteiger partial charge in [-0.3, -0.25) is 0 Å². The summed E-state index contributed by atoms with van der Waals surface area (Å²) in [4.78, 5) is 0. The Balaban J connectivity index is 1.11. The molecule has 16 aromatic carbocycles. The molecule has 0 saturated carbocycles. The van der Waals surface area contributed by atoms with E-state index in [0.29, 0.717) is 73.7 Å². The predicted molar refractivity (Wildman–Crippen MR) is 391 cm³/mol. The van der Waals surface area contributed by atoms with E-state index in [1.807, 2.05) is 224 Å². The summed E-state index contributed by atoms with van der Waals surface area (Å²) in [6, 6.07) is 123. The lowest BCUT2D eigenvalue weighted by atomic mass is 9.91. The van der Waals surface area contributed by atoms with Crippen LogP contribution >= 0.6 is 0 Å². The first kappa shape index (κ1) is 58.2. The Morgan fingerprint density at radius 3 is 0.667 bits per heavy atom. The molecule has 0 aliphatic rings. The third kappa shape index (κ3) is 11.5. The highest BCUT2D eigenvalue weighted by Crippen LogP contribution is 2.63. The molecule has 0 aliphatic heterocycles. The molecule has 0 spiro atoms.